The second kappa shape index (κ2) is 10.2. The minimum atomic E-state index is -3.09. The second-order valence-corrected chi connectivity index (χ2v) is 7.37. The molecule has 0 unspecified atom stereocenters. The number of halogens is 3. The van der Waals surface area contributed by atoms with Crippen LogP contribution >= 0.6 is 23.8 Å². The first kappa shape index (κ1) is 23.2. The van der Waals surface area contributed by atoms with Crippen molar-refractivity contribution in [2.24, 2.45) is 0 Å². The number of hydrogen-bond donors (Lipinski definition) is 1. The smallest absolute Gasteiger partial charge is 0.387 e. The molecular weight excluding hydrogens is 452 g/mol. The highest BCUT2D eigenvalue weighted by Crippen LogP contribution is 2.44. The van der Waals surface area contributed by atoms with E-state index in [0.29, 0.717) is 16.3 Å². The maximum absolute atomic E-state index is 13.2. The Morgan fingerprint density at radius 3 is 2.74 bits per heavy atom. The molecule has 2 atom stereocenters. The highest BCUT2D eigenvalue weighted by atomic mass is 35.5. The molecule has 166 valence electrons. The minimum Gasteiger partial charge on any atom is -0.493 e. The van der Waals surface area contributed by atoms with E-state index in [1.165, 1.54) is 13.2 Å². The summed E-state index contributed by atoms with van der Waals surface area (Å²) in [7, 11) is 1.34. The standard InChI is InChI=1S/C21H20ClF2NO5S/c1-3-28-17(26)10-16-20(31)25-14-8-7-11(22)9-13(14)18(29-16)12-5-4-6-15(27-2)19(12)30-21(23)24/h4-9,16,18,21H,3,10H2,1-2H3,(H,25,31)/t16-,18-/m1/s1. The van der Waals surface area contributed by atoms with Crippen molar-refractivity contribution < 1.29 is 32.5 Å². The number of fused-ring (bicyclic) bond motifs is 1. The summed E-state index contributed by atoms with van der Waals surface area (Å²) in [6.07, 6.45) is -1.98. The number of methoxy groups -OCH3 is 1. The third kappa shape index (κ3) is 5.41. The average molecular weight is 472 g/mol. The van der Waals surface area contributed by atoms with Crippen LogP contribution in [0.25, 0.3) is 0 Å². The third-order valence-corrected chi connectivity index (χ3v) is 5.12. The summed E-state index contributed by atoms with van der Waals surface area (Å²) in [6, 6.07) is 9.68. The first-order chi connectivity index (χ1) is 14.8. The Bertz CT molecular complexity index is 975. The van der Waals surface area contributed by atoms with Gasteiger partial charge in [0, 0.05) is 21.8 Å². The van der Waals surface area contributed by atoms with Crippen LogP contribution in [0, 0.1) is 0 Å². The Kier molecular flexibility index (Phi) is 7.64. The fourth-order valence-corrected chi connectivity index (χ4v) is 3.67. The number of nitrogens with one attached hydrogen (secondary N) is 1. The van der Waals surface area contributed by atoms with Crippen LogP contribution in [0.15, 0.2) is 36.4 Å². The Morgan fingerprint density at radius 2 is 2.06 bits per heavy atom. The van der Waals surface area contributed by atoms with Crippen molar-refractivity contribution in [1.29, 1.82) is 0 Å². The lowest BCUT2D eigenvalue weighted by atomic mass is 9.98. The lowest BCUT2D eigenvalue weighted by Gasteiger charge is -2.25. The summed E-state index contributed by atoms with van der Waals surface area (Å²) in [6.45, 7) is -1.20. The molecule has 31 heavy (non-hydrogen) atoms. The van der Waals surface area contributed by atoms with Gasteiger partial charge in [-0.15, -0.1) is 0 Å². The van der Waals surface area contributed by atoms with Crippen molar-refractivity contribution in [2.45, 2.75) is 32.2 Å². The fourth-order valence-electron chi connectivity index (χ4n) is 3.25. The van der Waals surface area contributed by atoms with Crippen molar-refractivity contribution in [3.63, 3.8) is 0 Å². The molecule has 0 saturated heterocycles. The zero-order valence-electron chi connectivity index (χ0n) is 16.7. The van der Waals surface area contributed by atoms with Gasteiger partial charge in [0.2, 0.25) is 0 Å². The van der Waals surface area contributed by atoms with Crippen LogP contribution in [0.3, 0.4) is 0 Å². The molecule has 1 aliphatic rings. The maximum Gasteiger partial charge on any atom is 0.387 e. The Balaban J connectivity index is 2.13. The van der Waals surface area contributed by atoms with E-state index < -0.39 is 24.8 Å². The number of anilines is 1. The molecule has 1 heterocycles. The Labute approximate surface area is 188 Å². The van der Waals surface area contributed by atoms with Crippen molar-refractivity contribution in [2.75, 3.05) is 19.0 Å². The molecular formula is C21H20ClF2NO5S. The first-order valence-electron chi connectivity index (χ1n) is 9.37. The molecule has 0 aliphatic carbocycles. The number of alkyl halides is 2. The Hall–Kier alpha value is -2.49. The van der Waals surface area contributed by atoms with E-state index in [-0.39, 0.29) is 35.1 Å². The van der Waals surface area contributed by atoms with Gasteiger partial charge in [-0.1, -0.05) is 36.0 Å². The number of thiocarbonyl (C=S) groups is 1. The fraction of sp³-hybridized carbons (Fsp3) is 0.333. The maximum atomic E-state index is 13.2. The molecule has 0 aromatic heterocycles. The van der Waals surface area contributed by atoms with Crippen LogP contribution in [0.2, 0.25) is 5.02 Å². The van der Waals surface area contributed by atoms with Crippen molar-refractivity contribution in [1.82, 2.24) is 0 Å². The predicted octanol–water partition coefficient (Wildman–Crippen LogP) is 5.13. The number of para-hydroxylation sites is 1. The zero-order chi connectivity index (χ0) is 22.5. The first-order valence-corrected chi connectivity index (χ1v) is 10.2. The normalized spacial score (nSPS) is 18.1. The van der Waals surface area contributed by atoms with Gasteiger partial charge in [-0.3, -0.25) is 4.79 Å². The van der Waals surface area contributed by atoms with Crippen LogP contribution in [-0.2, 0) is 14.3 Å². The van der Waals surface area contributed by atoms with E-state index in [0.717, 1.165) is 0 Å². The molecule has 0 spiro atoms. The molecule has 3 rings (SSSR count). The summed E-state index contributed by atoms with van der Waals surface area (Å²) in [5.41, 5.74) is 1.37. The number of hydrogen-bond acceptors (Lipinski definition) is 6. The van der Waals surface area contributed by atoms with Crippen molar-refractivity contribution >= 4 is 40.5 Å². The predicted molar refractivity (Wildman–Crippen MR) is 115 cm³/mol. The van der Waals surface area contributed by atoms with Gasteiger partial charge in [-0.25, -0.2) is 0 Å². The highest BCUT2D eigenvalue weighted by Gasteiger charge is 2.34. The van der Waals surface area contributed by atoms with Gasteiger partial charge >= 0.3 is 12.6 Å². The molecule has 2 aromatic rings. The van der Waals surface area contributed by atoms with Crippen LogP contribution in [0.5, 0.6) is 11.5 Å². The number of esters is 1. The van der Waals surface area contributed by atoms with Crippen LogP contribution in [-0.4, -0.2) is 37.4 Å². The molecule has 0 saturated carbocycles. The third-order valence-electron chi connectivity index (χ3n) is 4.52. The monoisotopic (exact) mass is 471 g/mol. The molecule has 1 N–H and O–H groups in total. The van der Waals surface area contributed by atoms with Gasteiger partial charge in [0.1, 0.15) is 17.2 Å². The van der Waals surface area contributed by atoms with Crippen molar-refractivity contribution in [3.05, 3.63) is 52.5 Å². The highest BCUT2D eigenvalue weighted by molar-refractivity contribution is 7.80. The molecule has 0 radical (unpaired) electrons. The van der Waals surface area contributed by atoms with Crippen LogP contribution in [0.1, 0.15) is 30.6 Å². The van der Waals surface area contributed by atoms with Gasteiger partial charge in [0.25, 0.3) is 0 Å². The molecule has 0 fully saturated rings. The molecule has 1 aliphatic heterocycles. The van der Waals surface area contributed by atoms with Crippen molar-refractivity contribution in [3.8, 4) is 11.5 Å². The van der Waals surface area contributed by atoms with Gasteiger partial charge < -0.3 is 24.3 Å². The number of rotatable bonds is 7. The van der Waals surface area contributed by atoms with Gasteiger partial charge in [-0.2, -0.15) is 8.78 Å². The van der Waals surface area contributed by atoms with Gasteiger partial charge in [-0.05, 0) is 31.2 Å². The largest absolute Gasteiger partial charge is 0.493 e. The van der Waals surface area contributed by atoms with E-state index >= 15 is 0 Å². The molecule has 6 nitrogen and oxygen atoms in total. The van der Waals surface area contributed by atoms with E-state index in [4.69, 9.17) is 42.8 Å². The van der Waals surface area contributed by atoms with Crippen LogP contribution in [0.4, 0.5) is 14.5 Å². The van der Waals surface area contributed by atoms with E-state index in [1.807, 2.05) is 0 Å². The molecule has 0 bridgehead atoms. The lowest BCUT2D eigenvalue weighted by Crippen LogP contribution is -2.31. The number of benzene rings is 2. The Morgan fingerprint density at radius 1 is 1.29 bits per heavy atom. The summed E-state index contributed by atoms with van der Waals surface area (Å²) < 4.78 is 47.6. The SMILES string of the molecule is CCOC(=O)C[C@H]1O[C@H](c2cccc(OC)c2OC(F)F)c2cc(Cl)ccc2NC1=S. The number of ether oxygens (including phenoxy) is 4. The summed E-state index contributed by atoms with van der Waals surface area (Å²) in [4.78, 5) is 12.3. The summed E-state index contributed by atoms with van der Waals surface area (Å²) in [5, 5.41) is 3.46. The number of carbonyl (C=O) groups is 1. The minimum absolute atomic E-state index is 0.103. The topological polar surface area (TPSA) is 66.0 Å². The average Bonchev–Trinajstić information content (AvgIpc) is 2.84. The molecule has 0 amide bonds. The number of carbonyl (C=O) groups excluding carboxylic acids is 1. The van der Waals surface area contributed by atoms with E-state index in [9.17, 15) is 13.6 Å². The summed E-state index contributed by atoms with van der Waals surface area (Å²) in [5.74, 6) is -0.584. The van der Waals surface area contributed by atoms with E-state index in [2.05, 4.69) is 5.32 Å². The van der Waals surface area contributed by atoms with Gasteiger partial charge in [0.15, 0.2) is 11.5 Å². The molecule has 2 aromatic carbocycles. The zero-order valence-corrected chi connectivity index (χ0v) is 18.3. The summed E-state index contributed by atoms with van der Waals surface area (Å²) >= 11 is 11.6. The van der Waals surface area contributed by atoms with Crippen LogP contribution < -0.4 is 14.8 Å². The lowest BCUT2D eigenvalue weighted by molar-refractivity contribution is -0.145. The second-order valence-electron chi connectivity index (χ2n) is 6.49. The van der Waals surface area contributed by atoms with Gasteiger partial charge in [0.05, 0.1) is 20.1 Å². The molecule has 10 heteroatoms. The quantitative estimate of drug-likeness (QED) is 0.443. The van der Waals surface area contributed by atoms with E-state index in [1.54, 1.807) is 37.3 Å².